The summed E-state index contributed by atoms with van der Waals surface area (Å²) in [6, 6.07) is 1.22. The molecule has 2 aliphatic rings. The van der Waals surface area contributed by atoms with Crippen molar-refractivity contribution in [3.05, 3.63) is 0 Å². The van der Waals surface area contributed by atoms with Crippen LogP contribution in [0.1, 0.15) is 51.9 Å². The Morgan fingerprint density at radius 2 is 1.80 bits per heavy atom. The highest BCUT2D eigenvalue weighted by Crippen LogP contribution is 2.22. The van der Waals surface area contributed by atoms with Gasteiger partial charge >= 0.3 is 0 Å². The van der Waals surface area contributed by atoms with Gasteiger partial charge in [-0.25, -0.2) is 0 Å². The van der Waals surface area contributed by atoms with E-state index in [9.17, 15) is 0 Å². The highest BCUT2D eigenvalue weighted by atomic mass is 32.2. The fraction of sp³-hybridized carbons (Fsp3) is 0.917. The zero-order valence-corrected chi connectivity index (χ0v) is 10.5. The molecule has 0 aromatic carbocycles. The van der Waals surface area contributed by atoms with Crippen molar-refractivity contribution in [2.45, 2.75) is 64.0 Å². The van der Waals surface area contributed by atoms with E-state index in [1.807, 2.05) is 11.8 Å². The SMILES string of the molecule is CC1CSC(=NC2CCCCCCC2)N1. The molecule has 1 aliphatic carbocycles. The van der Waals surface area contributed by atoms with E-state index in [4.69, 9.17) is 4.99 Å². The smallest absolute Gasteiger partial charge is 0.157 e. The van der Waals surface area contributed by atoms with Crippen LogP contribution in [0, 0.1) is 0 Å². The molecule has 0 amide bonds. The van der Waals surface area contributed by atoms with Crippen LogP contribution in [0.5, 0.6) is 0 Å². The Bertz CT molecular complexity index is 220. The van der Waals surface area contributed by atoms with Gasteiger partial charge in [0.2, 0.25) is 0 Å². The van der Waals surface area contributed by atoms with Crippen molar-refractivity contribution < 1.29 is 0 Å². The minimum Gasteiger partial charge on any atom is -0.362 e. The molecule has 0 spiro atoms. The fourth-order valence-electron chi connectivity index (χ4n) is 2.30. The molecule has 3 heteroatoms. The Morgan fingerprint density at radius 3 is 2.40 bits per heavy atom. The molecule has 0 radical (unpaired) electrons. The van der Waals surface area contributed by atoms with Gasteiger partial charge in [0.1, 0.15) is 0 Å². The zero-order chi connectivity index (χ0) is 10.5. The van der Waals surface area contributed by atoms with Crippen LogP contribution in [-0.4, -0.2) is 23.0 Å². The first-order valence-electron chi connectivity index (χ1n) is 6.32. The Kier molecular flexibility index (Phi) is 4.36. The lowest BCUT2D eigenvalue weighted by Crippen LogP contribution is -2.24. The minimum atomic E-state index is 0.602. The van der Waals surface area contributed by atoms with Gasteiger partial charge in [0, 0.05) is 11.8 Å². The molecule has 1 heterocycles. The molecule has 1 aliphatic heterocycles. The maximum Gasteiger partial charge on any atom is 0.157 e. The van der Waals surface area contributed by atoms with Gasteiger partial charge < -0.3 is 5.32 Å². The summed E-state index contributed by atoms with van der Waals surface area (Å²) in [6.45, 7) is 2.23. The van der Waals surface area contributed by atoms with Crippen LogP contribution in [0.3, 0.4) is 0 Å². The Labute approximate surface area is 97.3 Å². The van der Waals surface area contributed by atoms with Gasteiger partial charge in [-0.3, -0.25) is 4.99 Å². The van der Waals surface area contributed by atoms with Crippen LogP contribution < -0.4 is 5.32 Å². The number of hydrogen-bond acceptors (Lipinski definition) is 2. The van der Waals surface area contributed by atoms with Crippen molar-refractivity contribution in [1.29, 1.82) is 0 Å². The Hall–Kier alpha value is -0.180. The summed E-state index contributed by atoms with van der Waals surface area (Å²) in [4.78, 5) is 4.86. The van der Waals surface area contributed by atoms with Crippen molar-refractivity contribution in [3.8, 4) is 0 Å². The number of nitrogens with one attached hydrogen (secondary N) is 1. The lowest BCUT2D eigenvalue weighted by molar-refractivity contribution is 0.455. The average molecular weight is 226 g/mol. The van der Waals surface area contributed by atoms with Crippen LogP contribution in [-0.2, 0) is 0 Å². The lowest BCUT2D eigenvalue weighted by Gasteiger charge is -2.16. The van der Waals surface area contributed by atoms with Gasteiger partial charge in [-0.2, -0.15) is 0 Å². The van der Waals surface area contributed by atoms with Crippen molar-refractivity contribution in [1.82, 2.24) is 5.32 Å². The van der Waals surface area contributed by atoms with Gasteiger partial charge in [0.25, 0.3) is 0 Å². The second-order valence-electron chi connectivity index (χ2n) is 4.79. The summed E-state index contributed by atoms with van der Waals surface area (Å²) in [5, 5.41) is 4.65. The third-order valence-corrected chi connectivity index (χ3v) is 4.38. The molecule has 1 saturated heterocycles. The largest absolute Gasteiger partial charge is 0.362 e. The zero-order valence-electron chi connectivity index (χ0n) is 9.67. The molecule has 1 unspecified atom stereocenters. The molecule has 1 saturated carbocycles. The molecule has 15 heavy (non-hydrogen) atoms. The van der Waals surface area contributed by atoms with Gasteiger partial charge in [-0.05, 0) is 19.8 Å². The topological polar surface area (TPSA) is 24.4 Å². The average Bonchev–Trinajstić information content (AvgIpc) is 2.56. The Morgan fingerprint density at radius 1 is 1.13 bits per heavy atom. The van der Waals surface area contributed by atoms with Gasteiger partial charge in [0.05, 0.1) is 6.04 Å². The number of amidine groups is 1. The van der Waals surface area contributed by atoms with E-state index >= 15 is 0 Å². The number of thioether (sulfide) groups is 1. The number of nitrogens with zero attached hydrogens (tertiary/aromatic N) is 1. The fourth-order valence-corrected chi connectivity index (χ4v) is 3.30. The third kappa shape index (κ3) is 3.71. The predicted octanol–water partition coefficient (Wildman–Crippen LogP) is 3.18. The lowest BCUT2D eigenvalue weighted by atomic mass is 9.97. The van der Waals surface area contributed by atoms with E-state index in [0.29, 0.717) is 12.1 Å². The first-order valence-corrected chi connectivity index (χ1v) is 7.30. The van der Waals surface area contributed by atoms with Crippen LogP contribution >= 0.6 is 11.8 Å². The summed E-state index contributed by atoms with van der Waals surface area (Å²) in [5.74, 6) is 1.19. The van der Waals surface area contributed by atoms with Crippen molar-refractivity contribution in [2.24, 2.45) is 4.99 Å². The number of aliphatic imine (C=N–C) groups is 1. The first kappa shape index (κ1) is 11.3. The summed E-state index contributed by atoms with van der Waals surface area (Å²) < 4.78 is 0. The molecule has 0 aromatic heterocycles. The molecular formula is C12H22N2S. The van der Waals surface area contributed by atoms with E-state index < -0.39 is 0 Å². The molecule has 1 N–H and O–H groups in total. The monoisotopic (exact) mass is 226 g/mol. The molecule has 2 nitrogen and oxygen atoms in total. The molecular weight excluding hydrogens is 204 g/mol. The quantitative estimate of drug-likeness (QED) is 0.742. The Balaban J connectivity index is 1.85. The molecule has 0 aromatic rings. The van der Waals surface area contributed by atoms with E-state index in [1.165, 1.54) is 55.9 Å². The van der Waals surface area contributed by atoms with Crippen molar-refractivity contribution >= 4 is 16.9 Å². The molecule has 2 rings (SSSR count). The summed E-state index contributed by atoms with van der Waals surface area (Å²) in [7, 11) is 0. The van der Waals surface area contributed by atoms with E-state index in [1.54, 1.807) is 0 Å². The number of rotatable bonds is 1. The standard InChI is InChI=1S/C12H22N2S/c1-10-9-15-12(13-10)14-11-7-5-3-2-4-6-8-11/h10-11H,2-9H2,1H3,(H,13,14). The second-order valence-corrected chi connectivity index (χ2v) is 5.80. The van der Waals surface area contributed by atoms with Crippen LogP contribution in [0.25, 0.3) is 0 Å². The molecule has 86 valence electrons. The van der Waals surface area contributed by atoms with Gasteiger partial charge in [0.15, 0.2) is 5.17 Å². The maximum atomic E-state index is 4.86. The predicted molar refractivity (Wildman–Crippen MR) is 68.6 cm³/mol. The van der Waals surface area contributed by atoms with E-state index in [0.717, 1.165) is 0 Å². The first-order chi connectivity index (χ1) is 7.34. The summed E-state index contributed by atoms with van der Waals surface area (Å²) >= 11 is 1.90. The van der Waals surface area contributed by atoms with E-state index in [2.05, 4.69) is 12.2 Å². The summed E-state index contributed by atoms with van der Waals surface area (Å²) in [6.07, 6.45) is 9.63. The highest BCUT2D eigenvalue weighted by molar-refractivity contribution is 8.14. The highest BCUT2D eigenvalue weighted by Gasteiger charge is 2.18. The maximum absolute atomic E-state index is 4.86. The molecule has 0 bridgehead atoms. The molecule has 2 fully saturated rings. The van der Waals surface area contributed by atoms with Gasteiger partial charge in [-0.15, -0.1) is 0 Å². The molecule has 1 atom stereocenters. The summed E-state index contributed by atoms with van der Waals surface area (Å²) in [5.41, 5.74) is 0. The van der Waals surface area contributed by atoms with Crippen LogP contribution in [0.4, 0.5) is 0 Å². The van der Waals surface area contributed by atoms with Crippen LogP contribution in [0.15, 0.2) is 4.99 Å². The third-order valence-electron chi connectivity index (χ3n) is 3.21. The van der Waals surface area contributed by atoms with Crippen LogP contribution in [0.2, 0.25) is 0 Å². The number of hydrogen-bond donors (Lipinski definition) is 1. The van der Waals surface area contributed by atoms with Gasteiger partial charge in [-0.1, -0.05) is 43.9 Å². The second kappa shape index (κ2) is 5.78. The van der Waals surface area contributed by atoms with E-state index in [-0.39, 0.29) is 0 Å². The minimum absolute atomic E-state index is 0.602. The van der Waals surface area contributed by atoms with Crippen molar-refractivity contribution in [3.63, 3.8) is 0 Å². The normalized spacial score (nSPS) is 32.3. The van der Waals surface area contributed by atoms with Crippen molar-refractivity contribution in [2.75, 3.05) is 5.75 Å².